The van der Waals surface area contributed by atoms with E-state index in [-0.39, 0.29) is 0 Å². The van der Waals surface area contributed by atoms with Gasteiger partial charge in [-0.1, -0.05) is 182 Å². The summed E-state index contributed by atoms with van der Waals surface area (Å²) in [6.07, 6.45) is 0. The third kappa shape index (κ3) is 7.73. The van der Waals surface area contributed by atoms with E-state index in [9.17, 15) is 0 Å². The van der Waals surface area contributed by atoms with Crippen LogP contribution in [0.4, 0.5) is 34.1 Å². The molecule has 2 aliphatic heterocycles. The number of fused-ring (bicyclic) bond motifs is 5. The third-order valence-electron chi connectivity index (χ3n) is 13.6. The Hall–Kier alpha value is -9.63. The molecular formula is C66H42N6OS. The standard InChI is InChI=1S/C66H42N6OS/c1-5-21-43(22-6-1)52-41-53(44-23-7-2-8-24-44)68-65(67-52)47-37-50-49(51(38-47)66-69-54(45-25-9-3-10-26-45)42-55(70-66)46-27-11-4-12-28-46)39-48(71-56-29-13-17-33-61(56)73-62-34-18-14-30-57(62)71)40-60(50)72-58-31-15-19-35-63(58)74-64-36-20-16-32-59(64)72/h1-42H. The van der Waals surface area contributed by atoms with Gasteiger partial charge in [0.25, 0.3) is 0 Å². The normalized spacial score (nSPS) is 12.3. The molecule has 0 atom stereocenters. The van der Waals surface area contributed by atoms with E-state index in [1.165, 1.54) is 0 Å². The molecule has 2 aromatic heterocycles. The Balaban J connectivity index is 1.13. The average molecular weight is 967 g/mol. The van der Waals surface area contributed by atoms with Crippen molar-refractivity contribution in [2.45, 2.75) is 9.79 Å². The number of rotatable bonds is 8. The zero-order chi connectivity index (χ0) is 49.0. The molecule has 348 valence electrons. The summed E-state index contributed by atoms with van der Waals surface area (Å²) in [5.74, 6) is 2.69. The van der Waals surface area contributed by atoms with E-state index in [2.05, 4.69) is 216 Å². The maximum atomic E-state index is 6.62. The van der Waals surface area contributed by atoms with Crippen LogP contribution in [0.2, 0.25) is 0 Å². The predicted octanol–water partition coefficient (Wildman–Crippen LogP) is 17.9. The molecule has 0 fully saturated rings. The number of nitrogens with zero attached hydrogens (tertiary/aromatic N) is 6. The number of benzene rings is 10. The van der Waals surface area contributed by atoms with Gasteiger partial charge >= 0.3 is 0 Å². The summed E-state index contributed by atoms with van der Waals surface area (Å²) in [6.45, 7) is 0. The van der Waals surface area contributed by atoms with E-state index in [1.54, 1.807) is 11.8 Å². The molecule has 0 N–H and O–H groups in total. The van der Waals surface area contributed by atoms with Gasteiger partial charge in [0.1, 0.15) is 0 Å². The van der Waals surface area contributed by atoms with E-state index in [0.717, 1.165) is 122 Å². The van der Waals surface area contributed by atoms with Crippen molar-refractivity contribution in [3.05, 3.63) is 255 Å². The SMILES string of the molecule is c1ccc(-c2cc(-c3ccccc3)nc(-c3cc(-c4nc(-c5ccccc5)cc(-c5ccccc5)n4)c4cc(N5c6ccccc6Oc6ccccc65)cc(N5c6ccccc6Sc6ccccc65)c4c3)n2)cc1. The summed E-state index contributed by atoms with van der Waals surface area (Å²) < 4.78 is 6.62. The van der Waals surface area contributed by atoms with Gasteiger partial charge in [0.05, 0.1) is 51.2 Å². The number of anilines is 6. The molecule has 0 unspecified atom stereocenters. The summed E-state index contributed by atoms with van der Waals surface area (Å²) in [4.78, 5) is 29.0. The van der Waals surface area contributed by atoms with Gasteiger partial charge in [-0.3, -0.25) is 0 Å². The van der Waals surface area contributed by atoms with Crippen LogP contribution in [-0.2, 0) is 0 Å². The van der Waals surface area contributed by atoms with Crippen LogP contribution in [0, 0.1) is 0 Å². The third-order valence-corrected chi connectivity index (χ3v) is 14.8. The Morgan fingerprint density at radius 1 is 0.297 bits per heavy atom. The predicted molar refractivity (Wildman–Crippen MR) is 301 cm³/mol. The first kappa shape index (κ1) is 43.2. The highest BCUT2D eigenvalue weighted by Gasteiger charge is 2.31. The first-order valence-electron chi connectivity index (χ1n) is 24.6. The van der Waals surface area contributed by atoms with Crippen LogP contribution < -0.4 is 14.5 Å². The average Bonchev–Trinajstić information content (AvgIpc) is 3.48. The molecule has 4 heterocycles. The fourth-order valence-electron chi connectivity index (χ4n) is 10.2. The van der Waals surface area contributed by atoms with Crippen LogP contribution in [0.1, 0.15) is 0 Å². The van der Waals surface area contributed by atoms with Gasteiger partial charge in [-0.2, -0.15) is 0 Å². The lowest BCUT2D eigenvalue weighted by Crippen LogP contribution is -2.18. The summed E-state index contributed by atoms with van der Waals surface area (Å²) in [5.41, 5.74) is 14.8. The minimum atomic E-state index is 0.570. The van der Waals surface area contributed by atoms with Gasteiger partial charge < -0.3 is 14.5 Å². The lowest BCUT2D eigenvalue weighted by molar-refractivity contribution is 0.477. The van der Waals surface area contributed by atoms with Crippen LogP contribution in [0.25, 0.3) is 78.6 Å². The molecule has 0 saturated heterocycles. The number of hydrogen-bond donors (Lipinski definition) is 0. The fourth-order valence-corrected chi connectivity index (χ4v) is 11.2. The Bertz CT molecular complexity index is 3890. The van der Waals surface area contributed by atoms with Crippen LogP contribution in [-0.4, -0.2) is 19.9 Å². The Labute approximate surface area is 432 Å². The lowest BCUT2D eigenvalue weighted by Gasteiger charge is -2.36. The second kappa shape index (κ2) is 18.2. The highest BCUT2D eigenvalue weighted by molar-refractivity contribution is 7.99. The quantitative estimate of drug-likeness (QED) is 0.149. The first-order chi connectivity index (χ1) is 36.7. The van der Waals surface area contributed by atoms with Crippen molar-refractivity contribution in [2.75, 3.05) is 9.80 Å². The Morgan fingerprint density at radius 3 is 1.18 bits per heavy atom. The van der Waals surface area contributed by atoms with Crippen molar-refractivity contribution in [3.63, 3.8) is 0 Å². The van der Waals surface area contributed by atoms with Gasteiger partial charge in [-0.15, -0.1) is 0 Å². The Kier molecular flexibility index (Phi) is 10.6. The fraction of sp³-hybridized carbons (Fsp3) is 0. The van der Waals surface area contributed by atoms with E-state index in [1.807, 2.05) is 48.5 Å². The molecule has 0 bridgehead atoms. The maximum absolute atomic E-state index is 6.62. The lowest BCUT2D eigenvalue weighted by atomic mass is 9.95. The van der Waals surface area contributed by atoms with Gasteiger partial charge in [-0.05, 0) is 90.3 Å². The Morgan fingerprint density at radius 2 is 0.703 bits per heavy atom. The highest BCUT2D eigenvalue weighted by atomic mass is 32.2. The van der Waals surface area contributed by atoms with Crippen molar-refractivity contribution in [1.29, 1.82) is 0 Å². The second-order valence-electron chi connectivity index (χ2n) is 18.2. The van der Waals surface area contributed by atoms with Gasteiger partial charge in [-0.25, -0.2) is 19.9 Å². The van der Waals surface area contributed by atoms with Crippen molar-refractivity contribution < 1.29 is 4.74 Å². The summed E-state index contributed by atoms with van der Waals surface area (Å²) in [6, 6.07) is 88.5. The molecule has 0 radical (unpaired) electrons. The topological polar surface area (TPSA) is 67.3 Å². The van der Waals surface area contributed by atoms with E-state index in [4.69, 9.17) is 24.7 Å². The van der Waals surface area contributed by atoms with Crippen molar-refractivity contribution >= 4 is 56.7 Å². The highest BCUT2D eigenvalue weighted by Crippen LogP contribution is 2.56. The summed E-state index contributed by atoms with van der Waals surface area (Å²) >= 11 is 1.79. The van der Waals surface area contributed by atoms with E-state index >= 15 is 0 Å². The van der Waals surface area contributed by atoms with Crippen LogP contribution in [0.3, 0.4) is 0 Å². The molecule has 74 heavy (non-hydrogen) atoms. The minimum absolute atomic E-state index is 0.570. The van der Waals surface area contributed by atoms with Crippen LogP contribution in [0.5, 0.6) is 11.5 Å². The van der Waals surface area contributed by atoms with Crippen molar-refractivity contribution in [1.82, 2.24) is 19.9 Å². The molecule has 0 aliphatic carbocycles. The van der Waals surface area contributed by atoms with Crippen LogP contribution in [0.15, 0.2) is 265 Å². The number of ether oxygens (including phenoxy) is 1. The van der Waals surface area contributed by atoms with Gasteiger partial charge in [0.15, 0.2) is 23.1 Å². The molecule has 8 heteroatoms. The van der Waals surface area contributed by atoms with E-state index < -0.39 is 0 Å². The maximum Gasteiger partial charge on any atom is 0.161 e. The first-order valence-corrected chi connectivity index (χ1v) is 25.4. The largest absolute Gasteiger partial charge is 0.453 e. The molecule has 14 rings (SSSR count). The van der Waals surface area contributed by atoms with Gasteiger partial charge in [0.2, 0.25) is 0 Å². The molecular weight excluding hydrogens is 925 g/mol. The molecule has 10 aromatic carbocycles. The molecule has 0 amide bonds. The van der Waals surface area contributed by atoms with Crippen molar-refractivity contribution in [3.8, 4) is 79.3 Å². The molecule has 2 aliphatic rings. The molecule has 7 nitrogen and oxygen atoms in total. The molecule has 0 saturated carbocycles. The van der Waals surface area contributed by atoms with Crippen molar-refractivity contribution in [2.24, 2.45) is 0 Å². The van der Waals surface area contributed by atoms with E-state index in [0.29, 0.717) is 11.6 Å². The number of aromatic nitrogens is 4. The van der Waals surface area contributed by atoms with Gasteiger partial charge in [0, 0.05) is 54.2 Å². The number of para-hydroxylation sites is 6. The minimum Gasteiger partial charge on any atom is -0.453 e. The monoisotopic (exact) mass is 966 g/mol. The number of hydrogen-bond acceptors (Lipinski definition) is 8. The smallest absolute Gasteiger partial charge is 0.161 e. The molecule has 0 spiro atoms. The summed E-state index contributed by atoms with van der Waals surface area (Å²) in [7, 11) is 0. The zero-order valence-corrected chi connectivity index (χ0v) is 40.6. The zero-order valence-electron chi connectivity index (χ0n) is 39.7. The summed E-state index contributed by atoms with van der Waals surface area (Å²) in [5, 5.41) is 1.92. The second-order valence-corrected chi connectivity index (χ2v) is 19.3. The van der Waals surface area contributed by atoms with Crippen LogP contribution >= 0.6 is 11.8 Å². The molecule has 12 aromatic rings.